The van der Waals surface area contributed by atoms with E-state index in [2.05, 4.69) is 24.1 Å². The molecule has 0 bridgehead atoms. The topological polar surface area (TPSA) is 33.7 Å². The van der Waals surface area contributed by atoms with Gasteiger partial charge < -0.3 is 14.8 Å². The van der Waals surface area contributed by atoms with Crippen molar-refractivity contribution in [1.29, 1.82) is 0 Å². The van der Waals surface area contributed by atoms with E-state index in [1.165, 1.54) is 12.8 Å². The minimum Gasteiger partial charge on any atom is -0.377 e. The second kappa shape index (κ2) is 8.03. The number of hydrogen-bond acceptors (Lipinski definition) is 4. The molecule has 0 aromatic heterocycles. The number of nitrogens with one attached hydrogen (secondary N) is 1. The van der Waals surface area contributed by atoms with Crippen molar-refractivity contribution in [1.82, 2.24) is 10.2 Å². The number of nitrogens with zero attached hydrogens (tertiary/aromatic N) is 1. The van der Waals surface area contributed by atoms with Crippen LogP contribution in [0.1, 0.15) is 26.7 Å². The molecule has 1 rings (SSSR count). The van der Waals surface area contributed by atoms with Crippen molar-refractivity contribution in [2.24, 2.45) is 0 Å². The van der Waals surface area contributed by atoms with Gasteiger partial charge in [-0.3, -0.25) is 4.90 Å². The Kier molecular flexibility index (Phi) is 7.04. The molecule has 17 heavy (non-hydrogen) atoms. The average molecular weight is 244 g/mol. The van der Waals surface area contributed by atoms with Crippen LogP contribution in [-0.2, 0) is 9.47 Å². The molecule has 102 valence electrons. The quantitative estimate of drug-likeness (QED) is 0.693. The molecule has 3 atom stereocenters. The summed E-state index contributed by atoms with van der Waals surface area (Å²) in [5.41, 5.74) is 0. The first-order chi connectivity index (χ1) is 8.21. The molecule has 0 aromatic rings. The summed E-state index contributed by atoms with van der Waals surface area (Å²) in [4.78, 5) is 2.41. The van der Waals surface area contributed by atoms with Gasteiger partial charge in [0.05, 0.1) is 12.2 Å². The minimum absolute atomic E-state index is 0.230. The molecule has 0 aliphatic carbocycles. The predicted octanol–water partition coefficient (Wildman–Crippen LogP) is 1.11. The molecule has 0 saturated carbocycles. The largest absolute Gasteiger partial charge is 0.377 e. The average Bonchev–Trinajstić information content (AvgIpc) is 2.72. The molecule has 1 aliphatic rings. The van der Waals surface area contributed by atoms with Crippen molar-refractivity contribution in [3.05, 3.63) is 0 Å². The Balaban J connectivity index is 2.16. The van der Waals surface area contributed by atoms with Crippen LogP contribution in [0.25, 0.3) is 0 Å². The second-order valence-electron chi connectivity index (χ2n) is 4.95. The van der Waals surface area contributed by atoms with Crippen molar-refractivity contribution < 1.29 is 9.47 Å². The lowest BCUT2D eigenvalue weighted by Crippen LogP contribution is -2.35. The summed E-state index contributed by atoms with van der Waals surface area (Å²) in [6.45, 7) is 8.58. The van der Waals surface area contributed by atoms with Crippen LogP contribution in [0.3, 0.4) is 0 Å². The van der Waals surface area contributed by atoms with Gasteiger partial charge in [0.25, 0.3) is 0 Å². The molecule has 0 radical (unpaired) electrons. The van der Waals surface area contributed by atoms with Crippen molar-refractivity contribution in [2.75, 3.05) is 40.4 Å². The maximum atomic E-state index is 5.42. The molecule has 1 fully saturated rings. The molecule has 4 nitrogen and oxygen atoms in total. The van der Waals surface area contributed by atoms with Crippen molar-refractivity contribution in [2.45, 2.75) is 44.9 Å². The highest BCUT2D eigenvalue weighted by atomic mass is 16.5. The number of methoxy groups -OCH3 is 2. The van der Waals surface area contributed by atoms with E-state index in [-0.39, 0.29) is 12.2 Å². The fourth-order valence-corrected chi connectivity index (χ4v) is 2.46. The molecule has 1 N–H and O–H groups in total. The Morgan fingerprint density at radius 1 is 1.24 bits per heavy atom. The zero-order valence-electron chi connectivity index (χ0n) is 11.7. The highest BCUT2D eigenvalue weighted by molar-refractivity contribution is 4.85. The second-order valence-corrected chi connectivity index (χ2v) is 4.95. The summed E-state index contributed by atoms with van der Waals surface area (Å²) >= 11 is 0. The normalized spacial score (nSPS) is 27.5. The van der Waals surface area contributed by atoms with Gasteiger partial charge in [-0.15, -0.1) is 0 Å². The number of hydrogen-bond donors (Lipinski definition) is 1. The molecule has 0 spiro atoms. The van der Waals surface area contributed by atoms with Gasteiger partial charge in [0.1, 0.15) is 0 Å². The predicted molar refractivity (Wildman–Crippen MR) is 70.4 cm³/mol. The first-order valence-corrected chi connectivity index (χ1v) is 6.72. The molecule has 1 saturated heterocycles. The molecule has 0 amide bonds. The van der Waals surface area contributed by atoms with E-state index in [0.717, 1.165) is 26.2 Å². The third-order valence-electron chi connectivity index (χ3n) is 3.54. The molecular formula is C13H28N2O2. The van der Waals surface area contributed by atoms with Crippen LogP contribution in [0, 0.1) is 0 Å². The Labute approximate surface area is 106 Å². The van der Waals surface area contributed by atoms with E-state index in [1.807, 2.05) is 0 Å². The number of rotatable bonds is 8. The Hall–Kier alpha value is -0.160. The molecule has 0 aromatic carbocycles. The van der Waals surface area contributed by atoms with Crippen LogP contribution in [0.2, 0.25) is 0 Å². The minimum atomic E-state index is 0.230. The zero-order valence-corrected chi connectivity index (χ0v) is 11.7. The highest BCUT2D eigenvalue weighted by Gasteiger charge is 2.32. The summed E-state index contributed by atoms with van der Waals surface area (Å²) in [5.74, 6) is 0. The van der Waals surface area contributed by atoms with Crippen LogP contribution in [0.15, 0.2) is 0 Å². The van der Waals surface area contributed by atoms with Gasteiger partial charge in [-0.1, -0.05) is 13.3 Å². The van der Waals surface area contributed by atoms with Crippen LogP contribution < -0.4 is 5.32 Å². The van der Waals surface area contributed by atoms with Crippen LogP contribution >= 0.6 is 0 Å². The lowest BCUT2D eigenvalue weighted by Gasteiger charge is -2.18. The van der Waals surface area contributed by atoms with Crippen LogP contribution in [0.5, 0.6) is 0 Å². The van der Waals surface area contributed by atoms with Crippen LogP contribution in [-0.4, -0.2) is 63.5 Å². The molecule has 1 aliphatic heterocycles. The zero-order chi connectivity index (χ0) is 12.7. The van der Waals surface area contributed by atoms with Crippen LogP contribution in [0.4, 0.5) is 0 Å². The molecule has 4 heteroatoms. The molecular weight excluding hydrogens is 216 g/mol. The van der Waals surface area contributed by atoms with Crippen molar-refractivity contribution in [3.8, 4) is 0 Å². The number of ether oxygens (including phenoxy) is 2. The molecule has 1 heterocycles. The fraction of sp³-hybridized carbons (Fsp3) is 1.00. The third kappa shape index (κ3) is 4.92. The first kappa shape index (κ1) is 14.9. The van der Waals surface area contributed by atoms with E-state index in [9.17, 15) is 0 Å². The lowest BCUT2D eigenvalue weighted by molar-refractivity contribution is -0.00461. The fourth-order valence-electron chi connectivity index (χ4n) is 2.46. The Morgan fingerprint density at radius 3 is 2.29 bits per heavy atom. The smallest absolute Gasteiger partial charge is 0.0971 e. The van der Waals surface area contributed by atoms with E-state index in [4.69, 9.17) is 9.47 Å². The summed E-state index contributed by atoms with van der Waals surface area (Å²) < 4.78 is 10.8. The highest BCUT2D eigenvalue weighted by Crippen LogP contribution is 2.14. The van der Waals surface area contributed by atoms with Crippen molar-refractivity contribution >= 4 is 0 Å². The standard InChI is InChI=1S/C13H28N2O2/c1-5-6-11(2)14-7-8-15-9-12(16-3)13(10-15)17-4/h11-14H,5-10H2,1-4H3. The summed E-state index contributed by atoms with van der Waals surface area (Å²) in [5, 5.41) is 3.55. The Morgan fingerprint density at radius 2 is 1.82 bits per heavy atom. The number of likely N-dealkylation sites (tertiary alicyclic amines) is 1. The summed E-state index contributed by atoms with van der Waals surface area (Å²) in [6, 6.07) is 0.624. The maximum Gasteiger partial charge on any atom is 0.0971 e. The van der Waals surface area contributed by atoms with E-state index in [0.29, 0.717) is 6.04 Å². The van der Waals surface area contributed by atoms with Gasteiger partial charge in [0.2, 0.25) is 0 Å². The van der Waals surface area contributed by atoms with Gasteiger partial charge >= 0.3 is 0 Å². The first-order valence-electron chi connectivity index (χ1n) is 6.72. The van der Waals surface area contributed by atoms with Gasteiger partial charge in [0, 0.05) is 46.4 Å². The van der Waals surface area contributed by atoms with E-state index in [1.54, 1.807) is 14.2 Å². The van der Waals surface area contributed by atoms with Gasteiger partial charge in [0.15, 0.2) is 0 Å². The van der Waals surface area contributed by atoms with Gasteiger partial charge in [-0.05, 0) is 13.3 Å². The van der Waals surface area contributed by atoms with Crippen molar-refractivity contribution in [3.63, 3.8) is 0 Å². The lowest BCUT2D eigenvalue weighted by atomic mass is 10.2. The van der Waals surface area contributed by atoms with E-state index < -0.39 is 0 Å². The Bertz CT molecular complexity index is 190. The van der Waals surface area contributed by atoms with Gasteiger partial charge in [-0.25, -0.2) is 0 Å². The summed E-state index contributed by atoms with van der Waals surface area (Å²) in [7, 11) is 3.53. The maximum absolute atomic E-state index is 5.42. The SMILES string of the molecule is CCCC(C)NCCN1CC(OC)C(OC)C1. The monoisotopic (exact) mass is 244 g/mol. The van der Waals surface area contributed by atoms with E-state index >= 15 is 0 Å². The third-order valence-corrected chi connectivity index (χ3v) is 3.54. The van der Waals surface area contributed by atoms with Gasteiger partial charge in [-0.2, -0.15) is 0 Å². The molecule has 3 unspecified atom stereocenters. The summed E-state index contributed by atoms with van der Waals surface area (Å²) in [6.07, 6.45) is 2.96.